The van der Waals surface area contributed by atoms with Crippen LogP contribution in [0.25, 0.3) is 22.8 Å². The van der Waals surface area contributed by atoms with E-state index < -0.39 is 0 Å². The predicted octanol–water partition coefficient (Wildman–Crippen LogP) is 2.83. The highest BCUT2D eigenvalue weighted by Crippen LogP contribution is 2.23. The number of nitrogens with zero attached hydrogens (tertiary/aromatic N) is 3. The molecule has 2 aromatic heterocycles. The van der Waals surface area contributed by atoms with E-state index in [9.17, 15) is 4.39 Å². The number of hydrogen-bond acceptors (Lipinski definition) is 5. The molecule has 0 saturated carbocycles. The van der Waals surface area contributed by atoms with Crippen LogP contribution in [0.1, 0.15) is 5.56 Å². The minimum atomic E-state index is -0.266. The van der Waals surface area contributed by atoms with Crippen LogP contribution in [0.4, 0.5) is 10.1 Å². The fourth-order valence-electron chi connectivity index (χ4n) is 1.82. The lowest BCUT2D eigenvalue weighted by molar-refractivity contribution is 0.432. The Morgan fingerprint density at radius 3 is 2.75 bits per heavy atom. The van der Waals surface area contributed by atoms with Crippen LogP contribution in [0.3, 0.4) is 0 Å². The van der Waals surface area contributed by atoms with Gasteiger partial charge in [0.25, 0.3) is 5.89 Å². The number of halogens is 1. The highest BCUT2D eigenvalue weighted by atomic mass is 19.1. The van der Waals surface area contributed by atoms with Crippen LogP contribution in [0.2, 0.25) is 0 Å². The van der Waals surface area contributed by atoms with E-state index in [1.165, 1.54) is 12.3 Å². The molecule has 0 atom stereocenters. The topological polar surface area (TPSA) is 77.8 Å². The van der Waals surface area contributed by atoms with Gasteiger partial charge in [0.1, 0.15) is 5.82 Å². The Hall–Kier alpha value is -2.76. The van der Waals surface area contributed by atoms with Gasteiger partial charge in [0.05, 0.1) is 11.3 Å². The summed E-state index contributed by atoms with van der Waals surface area (Å²) in [5.74, 6) is 0.449. The largest absolute Gasteiger partial charge is 0.397 e. The number of pyridine rings is 1. The van der Waals surface area contributed by atoms with Crippen molar-refractivity contribution in [1.82, 2.24) is 15.1 Å². The minimum absolute atomic E-state index is 0.266. The highest BCUT2D eigenvalue weighted by molar-refractivity contribution is 5.62. The number of nitrogens with two attached hydrogens (primary N) is 1. The predicted molar refractivity (Wildman–Crippen MR) is 72.1 cm³/mol. The molecule has 0 saturated heterocycles. The van der Waals surface area contributed by atoms with Crippen molar-refractivity contribution in [1.29, 1.82) is 0 Å². The van der Waals surface area contributed by atoms with E-state index in [2.05, 4.69) is 15.1 Å². The Kier molecular flexibility index (Phi) is 2.90. The number of anilines is 1. The molecule has 5 nitrogen and oxygen atoms in total. The molecular weight excluding hydrogens is 259 g/mol. The first-order valence-electron chi connectivity index (χ1n) is 5.94. The minimum Gasteiger partial charge on any atom is -0.397 e. The molecule has 2 N–H and O–H groups in total. The van der Waals surface area contributed by atoms with Crippen LogP contribution < -0.4 is 5.73 Å². The average molecular weight is 270 g/mol. The molecule has 3 aromatic rings. The second-order valence-electron chi connectivity index (χ2n) is 4.39. The zero-order valence-electron chi connectivity index (χ0n) is 10.7. The Morgan fingerprint density at radius 1 is 1.15 bits per heavy atom. The number of aromatic nitrogens is 3. The van der Waals surface area contributed by atoms with Crippen LogP contribution >= 0.6 is 0 Å². The quantitative estimate of drug-likeness (QED) is 0.774. The third-order valence-electron chi connectivity index (χ3n) is 2.85. The molecule has 2 heterocycles. The molecule has 0 amide bonds. The SMILES string of the molecule is Cc1cc(-c2noc(-c3cncc(N)c3)n2)ccc1F. The van der Waals surface area contributed by atoms with Crippen LogP contribution in [0.5, 0.6) is 0 Å². The van der Waals surface area contributed by atoms with Crippen molar-refractivity contribution in [2.45, 2.75) is 6.92 Å². The fraction of sp³-hybridized carbons (Fsp3) is 0.0714. The van der Waals surface area contributed by atoms with Crippen molar-refractivity contribution in [3.8, 4) is 22.8 Å². The molecule has 0 aliphatic heterocycles. The van der Waals surface area contributed by atoms with Crippen LogP contribution in [0.15, 0.2) is 41.2 Å². The maximum Gasteiger partial charge on any atom is 0.259 e. The molecule has 0 radical (unpaired) electrons. The molecule has 6 heteroatoms. The lowest BCUT2D eigenvalue weighted by atomic mass is 10.1. The molecule has 0 aliphatic rings. The number of aryl methyl sites for hydroxylation is 1. The maximum atomic E-state index is 13.2. The zero-order valence-corrected chi connectivity index (χ0v) is 10.7. The second-order valence-corrected chi connectivity index (χ2v) is 4.39. The lowest BCUT2D eigenvalue weighted by Crippen LogP contribution is -1.88. The summed E-state index contributed by atoms with van der Waals surface area (Å²) in [5, 5.41) is 3.89. The highest BCUT2D eigenvalue weighted by Gasteiger charge is 2.12. The van der Waals surface area contributed by atoms with Gasteiger partial charge in [-0.25, -0.2) is 4.39 Å². The van der Waals surface area contributed by atoms with Crippen molar-refractivity contribution >= 4 is 5.69 Å². The third-order valence-corrected chi connectivity index (χ3v) is 2.85. The summed E-state index contributed by atoms with van der Waals surface area (Å²) in [4.78, 5) is 8.23. The first-order chi connectivity index (χ1) is 9.63. The molecule has 0 aliphatic carbocycles. The molecular formula is C14H11FN4O. The lowest BCUT2D eigenvalue weighted by Gasteiger charge is -1.98. The summed E-state index contributed by atoms with van der Waals surface area (Å²) in [6, 6.07) is 6.35. The van der Waals surface area contributed by atoms with Crippen molar-refractivity contribution < 1.29 is 8.91 Å². The van der Waals surface area contributed by atoms with Gasteiger partial charge in [-0.2, -0.15) is 4.98 Å². The summed E-state index contributed by atoms with van der Waals surface area (Å²) < 4.78 is 18.4. The average Bonchev–Trinajstić information content (AvgIpc) is 2.92. The van der Waals surface area contributed by atoms with Crippen molar-refractivity contribution in [3.05, 3.63) is 48.0 Å². The van der Waals surface area contributed by atoms with Gasteiger partial charge >= 0.3 is 0 Å². The molecule has 0 fully saturated rings. The second kappa shape index (κ2) is 4.73. The Bertz CT molecular complexity index is 769. The van der Waals surface area contributed by atoms with Crippen molar-refractivity contribution in [2.75, 3.05) is 5.73 Å². The normalized spacial score (nSPS) is 10.7. The number of hydrogen-bond donors (Lipinski definition) is 1. The Balaban J connectivity index is 1.99. The van der Waals surface area contributed by atoms with Crippen LogP contribution in [-0.2, 0) is 0 Å². The molecule has 100 valence electrons. The summed E-state index contributed by atoms with van der Waals surface area (Å²) >= 11 is 0. The summed E-state index contributed by atoms with van der Waals surface area (Å²) in [7, 11) is 0. The van der Waals surface area contributed by atoms with Gasteiger partial charge in [-0.05, 0) is 36.8 Å². The fourth-order valence-corrected chi connectivity index (χ4v) is 1.82. The van der Waals surface area contributed by atoms with Crippen LogP contribution in [0, 0.1) is 12.7 Å². The standard InChI is InChI=1S/C14H11FN4O/c1-8-4-9(2-3-12(8)15)13-18-14(20-19-13)10-5-11(16)7-17-6-10/h2-7H,16H2,1H3. The van der Waals surface area contributed by atoms with E-state index in [1.54, 1.807) is 31.3 Å². The Labute approximate surface area is 114 Å². The molecule has 1 aromatic carbocycles. The number of benzene rings is 1. The third kappa shape index (κ3) is 2.23. The molecule has 0 bridgehead atoms. The molecule has 0 spiro atoms. The van der Waals surface area contributed by atoms with Crippen LogP contribution in [-0.4, -0.2) is 15.1 Å². The van der Waals surface area contributed by atoms with Gasteiger partial charge < -0.3 is 10.3 Å². The monoisotopic (exact) mass is 270 g/mol. The maximum absolute atomic E-state index is 13.2. The smallest absolute Gasteiger partial charge is 0.259 e. The summed E-state index contributed by atoms with van der Waals surface area (Å²) in [6.45, 7) is 1.68. The van der Waals surface area contributed by atoms with E-state index in [0.29, 0.717) is 34.1 Å². The number of rotatable bonds is 2. The summed E-state index contributed by atoms with van der Waals surface area (Å²) in [5.41, 5.74) is 8.03. The Morgan fingerprint density at radius 2 is 2.00 bits per heavy atom. The first kappa shape index (κ1) is 12.3. The first-order valence-corrected chi connectivity index (χ1v) is 5.94. The van der Waals surface area contributed by atoms with Gasteiger partial charge in [-0.15, -0.1) is 0 Å². The van der Waals surface area contributed by atoms with E-state index in [1.807, 2.05) is 0 Å². The van der Waals surface area contributed by atoms with Gasteiger partial charge in [0.2, 0.25) is 5.82 Å². The van der Waals surface area contributed by atoms with E-state index in [0.717, 1.165) is 0 Å². The molecule has 20 heavy (non-hydrogen) atoms. The molecule has 3 rings (SSSR count). The van der Waals surface area contributed by atoms with E-state index >= 15 is 0 Å². The van der Waals surface area contributed by atoms with Crippen molar-refractivity contribution in [3.63, 3.8) is 0 Å². The van der Waals surface area contributed by atoms with E-state index in [4.69, 9.17) is 10.3 Å². The number of nitrogen functional groups attached to an aromatic ring is 1. The van der Waals surface area contributed by atoms with Gasteiger partial charge in [-0.3, -0.25) is 4.98 Å². The zero-order chi connectivity index (χ0) is 14.1. The molecule has 0 unspecified atom stereocenters. The summed E-state index contributed by atoms with van der Waals surface area (Å²) in [6.07, 6.45) is 3.12. The van der Waals surface area contributed by atoms with Gasteiger partial charge in [0.15, 0.2) is 0 Å². The van der Waals surface area contributed by atoms with Gasteiger partial charge in [-0.1, -0.05) is 5.16 Å². The van der Waals surface area contributed by atoms with Crippen molar-refractivity contribution in [2.24, 2.45) is 0 Å². The van der Waals surface area contributed by atoms with E-state index in [-0.39, 0.29) is 5.82 Å². The van der Waals surface area contributed by atoms with Gasteiger partial charge in [0, 0.05) is 18.0 Å².